The second kappa shape index (κ2) is 9.15. The monoisotopic (exact) mass is 430 g/mol. The Kier molecular flexibility index (Phi) is 6.60. The van der Waals surface area contributed by atoms with Gasteiger partial charge in [0.15, 0.2) is 0 Å². The first kappa shape index (κ1) is 20.9. The van der Waals surface area contributed by atoms with E-state index in [1.807, 2.05) is 0 Å². The van der Waals surface area contributed by atoms with Gasteiger partial charge in [0.2, 0.25) is 5.13 Å². The molecule has 0 atom stereocenters. The molecule has 9 heteroatoms. The second-order valence-corrected chi connectivity index (χ2v) is 9.10. The standard InChI is InChI=1S/C20H22N4O3S2/c1-3-14(4-2)19-22-23-20(28-19)21-18(25)15-10-12-16(13-11-15)24-29(26,27)17-8-6-5-7-9-17/h5-14,24H,3-4H2,1-2H3,(H,21,23,25). The lowest BCUT2D eigenvalue weighted by atomic mass is 10.1. The summed E-state index contributed by atoms with van der Waals surface area (Å²) in [5.41, 5.74) is 0.768. The van der Waals surface area contributed by atoms with Gasteiger partial charge in [-0.1, -0.05) is 43.4 Å². The fraction of sp³-hybridized carbons (Fsp3) is 0.250. The van der Waals surface area contributed by atoms with Crippen LogP contribution in [0.2, 0.25) is 0 Å². The number of hydrogen-bond acceptors (Lipinski definition) is 6. The van der Waals surface area contributed by atoms with E-state index >= 15 is 0 Å². The van der Waals surface area contributed by atoms with Crippen molar-refractivity contribution in [2.45, 2.75) is 37.5 Å². The average molecular weight is 431 g/mol. The number of rotatable bonds is 8. The molecule has 1 heterocycles. The summed E-state index contributed by atoms with van der Waals surface area (Å²) in [5.74, 6) is 0.0183. The molecule has 3 aromatic rings. The lowest BCUT2D eigenvalue weighted by Gasteiger charge is -2.08. The van der Waals surface area contributed by atoms with Gasteiger partial charge in [0.1, 0.15) is 5.01 Å². The molecule has 0 fully saturated rings. The van der Waals surface area contributed by atoms with Crippen molar-refractivity contribution >= 4 is 38.1 Å². The number of amides is 1. The zero-order valence-electron chi connectivity index (χ0n) is 16.1. The van der Waals surface area contributed by atoms with Gasteiger partial charge in [0.25, 0.3) is 15.9 Å². The maximum atomic E-state index is 12.4. The zero-order valence-corrected chi connectivity index (χ0v) is 17.8. The summed E-state index contributed by atoms with van der Waals surface area (Å²) < 4.78 is 27.2. The minimum atomic E-state index is -3.67. The molecular weight excluding hydrogens is 408 g/mol. The molecule has 0 unspecified atom stereocenters. The highest BCUT2D eigenvalue weighted by atomic mass is 32.2. The number of anilines is 2. The number of carbonyl (C=O) groups is 1. The van der Waals surface area contributed by atoms with Crippen LogP contribution in [-0.2, 0) is 10.0 Å². The van der Waals surface area contributed by atoms with Crippen molar-refractivity contribution in [2.75, 3.05) is 10.0 Å². The van der Waals surface area contributed by atoms with Crippen LogP contribution < -0.4 is 10.0 Å². The molecular formula is C20H22N4O3S2. The number of nitrogens with one attached hydrogen (secondary N) is 2. The first-order valence-electron chi connectivity index (χ1n) is 9.25. The molecule has 0 aliphatic rings. The van der Waals surface area contributed by atoms with Gasteiger partial charge in [0, 0.05) is 17.2 Å². The van der Waals surface area contributed by atoms with Crippen molar-refractivity contribution in [1.82, 2.24) is 10.2 Å². The van der Waals surface area contributed by atoms with Crippen molar-refractivity contribution in [2.24, 2.45) is 0 Å². The summed E-state index contributed by atoms with van der Waals surface area (Å²) in [5, 5.41) is 12.3. The zero-order chi connectivity index (χ0) is 20.9. The minimum absolute atomic E-state index is 0.173. The first-order valence-corrected chi connectivity index (χ1v) is 11.6. The third kappa shape index (κ3) is 5.18. The molecule has 0 radical (unpaired) electrons. The highest BCUT2D eigenvalue weighted by Crippen LogP contribution is 2.28. The Balaban J connectivity index is 1.66. The van der Waals surface area contributed by atoms with E-state index in [-0.39, 0.29) is 10.8 Å². The predicted molar refractivity (Wildman–Crippen MR) is 115 cm³/mol. The Labute approximate surface area is 174 Å². The van der Waals surface area contributed by atoms with Crippen LogP contribution in [0.15, 0.2) is 59.5 Å². The molecule has 1 amide bonds. The van der Waals surface area contributed by atoms with Gasteiger partial charge in [-0.2, -0.15) is 0 Å². The summed E-state index contributed by atoms with van der Waals surface area (Å²) in [6, 6.07) is 14.3. The van der Waals surface area contributed by atoms with E-state index in [1.54, 1.807) is 42.5 Å². The molecule has 3 rings (SSSR count). The normalized spacial score (nSPS) is 11.4. The Morgan fingerprint density at radius 3 is 2.28 bits per heavy atom. The summed E-state index contributed by atoms with van der Waals surface area (Å²) >= 11 is 1.38. The fourth-order valence-corrected chi connectivity index (χ4v) is 4.85. The minimum Gasteiger partial charge on any atom is -0.296 e. The van der Waals surface area contributed by atoms with Crippen LogP contribution in [-0.4, -0.2) is 24.5 Å². The average Bonchev–Trinajstić information content (AvgIpc) is 3.18. The van der Waals surface area contributed by atoms with Crippen LogP contribution in [0.3, 0.4) is 0 Å². The number of sulfonamides is 1. The molecule has 0 saturated carbocycles. The van der Waals surface area contributed by atoms with Crippen LogP contribution in [0.1, 0.15) is 48.0 Å². The molecule has 29 heavy (non-hydrogen) atoms. The lowest BCUT2D eigenvalue weighted by molar-refractivity contribution is 0.102. The van der Waals surface area contributed by atoms with Crippen LogP contribution in [0.25, 0.3) is 0 Å². The maximum absolute atomic E-state index is 12.4. The van der Waals surface area contributed by atoms with Crippen LogP contribution in [0.4, 0.5) is 10.8 Å². The highest BCUT2D eigenvalue weighted by molar-refractivity contribution is 7.92. The molecule has 0 aliphatic heterocycles. The lowest BCUT2D eigenvalue weighted by Crippen LogP contribution is -2.14. The maximum Gasteiger partial charge on any atom is 0.261 e. The summed E-state index contributed by atoms with van der Waals surface area (Å²) in [4.78, 5) is 12.6. The molecule has 152 valence electrons. The smallest absolute Gasteiger partial charge is 0.261 e. The van der Waals surface area contributed by atoms with Gasteiger partial charge < -0.3 is 0 Å². The molecule has 0 aliphatic carbocycles. The summed E-state index contributed by atoms with van der Waals surface area (Å²) in [6.07, 6.45) is 1.94. The Bertz CT molecular complexity index is 1060. The number of benzene rings is 2. The molecule has 0 spiro atoms. The van der Waals surface area contributed by atoms with Crippen molar-refractivity contribution < 1.29 is 13.2 Å². The van der Waals surface area contributed by atoms with E-state index in [0.29, 0.717) is 22.3 Å². The van der Waals surface area contributed by atoms with Gasteiger partial charge in [-0.05, 0) is 49.2 Å². The number of aromatic nitrogens is 2. The summed E-state index contributed by atoms with van der Waals surface area (Å²) in [7, 11) is -3.67. The summed E-state index contributed by atoms with van der Waals surface area (Å²) in [6.45, 7) is 4.20. The Morgan fingerprint density at radius 2 is 1.66 bits per heavy atom. The first-order chi connectivity index (χ1) is 13.9. The van der Waals surface area contributed by atoms with Crippen molar-refractivity contribution in [3.8, 4) is 0 Å². The van der Waals surface area contributed by atoms with Gasteiger partial charge in [0.05, 0.1) is 4.90 Å². The Hall–Kier alpha value is -2.78. The molecule has 2 N–H and O–H groups in total. The van der Waals surface area contributed by atoms with E-state index in [2.05, 4.69) is 34.1 Å². The van der Waals surface area contributed by atoms with Crippen LogP contribution in [0.5, 0.6) is 0 Å². The topological polar surface area (TPSA) is 101 Å². The van der Waals surface area contributed by atoms with Crippen molar-refractivity contribution in [1.29, 1.82) is 0 Å². The van der Waals surface area contributed by atoms with E-state index in [9.17, 15) is 13.2 Å². The predicted octanol–water partition coefficient (Wildman–Crippen LogP) is 4.49. The third-order valence-electron chi connectivity index (χ3n) is 4.45. The molecule has 7 nitrogen and oxygen atoms in total. The van der Waals surface area contributed by atoms with E-state index in [4.69, 9.17) is 0 Å². The van der Waals surface area contributed by atoms with E-state index in [0.717, 1.165) is 17.8 Å². The van der Waals surface area contributed by atoms with E-state index < -0.39 is 10.0 Å². The number of nitrogens with zero attached hydrogens (tertiary/aromatic N) is 2. The number of carbonyl (C=O) groups excluding carboxylic acids is 1. The van der Waals surface area contributed by atoms with Crippen LogP contribution in [0, 0.1) is 0 Å². The largest absolute Gasteiger partial charge is 0.296 e. The molecule has 2 aromatic carbocycles. The molecule has 0 saturated heterocycles. The quantitative estimate of drug-likeness (QED) is 0.548. The fourth-order valence-electron chi connectivity index (χ4n) is 2.76. The molecule has 0 bridgehead atoms. The van der Waals surface area contributed by atoms with Gasteiger partial charge in [-0.25, -0.2) is 8.42 Å². The van der Waals surface area contributed by atoms with Gasteiger partial charge >= 0.3 is 0 Å². The van der Waals surface area contributed by atoms with Gasteiger partial charge in [-0.3, -0.25) is 14.8 Å². The number of hydrogen-bond donors (Lipinski definition) is 2. The highest BCUT2D eigenvalue weighted by Gasteiger charge is 2.16. The Morgan fingerprint density at radius 1 is 1.00 bits per heavy atom. The second-order valence-electron chi connectivity index (χ2n) is 6.41. The van der Waals surface area contributed by atoms with Crippen molar-refractivity contribution in [3.05, 3.63) is 65.2 Å². The SMILES string of the molecule is CCC(CC)c1nnc(NC(=O)c2ccc(NS(=O)(=O)c3ccccc3)cc2)s1. The molecule has 1 aromatic heterocycles. The van der Waals surface area contributed by atoms with Gasteiger partial charge in [-0.15, -0.1) is 10.2 Å². The van der Waals surface area contributed by atoms with Crippen molar-refractivity contribution in [3.63, 3.8) is 0 Å². The third-order valence-corrected chi connectivity index (χ3v) is 6.85. The van der Waals surface area contributed by atoms with Crippen LogP contribution >= 0.6 is 11.3 Å². The van der Waals surface area contributed by atoms with E-state index in [1.165, 1.54) is 23.5 Å².